The fourth-order valence-electron chi connectivity index (χ4n) is 2.39. The minimum absolute atomic E-state index is 0.0561. The fraction of sp³-hybridized carbons (Fsp3) is 0.235. The minimum atomic E-state index is -0.0561. The molecular formula is C17H18N4OS. The molecule has 3 aromatic rings. The molecule has 0 saturated heterocycles. The zero-order valence-electron chi connectivity index (χ0n) is 13.3. The Hall–Kier alpha value is -2.47. The zero-order chi connectivity index (χ0) is 16.4. The smallest absolute Gasteiger partial charge is 0.230 e. The van der Waals surface area contributed by atoms with Crippen molar-refractivity contribution >= 4 is 22.4 Å². The van der Waals surface area contributed by atoms with Gasteiger partial charge in [-0.25, -0.2) is 9.97 Å². The summed E-state index contributed by atoms with van der Waals surface area (Å²) in [7, 11) is 1.94. The van der Waals surface area contributed by atoms with E-state index in [0.29, 0.717) is 11.6 Å². The lowest BCUT2D eigenvalue weighted by Crippen LogP contribution is -2.14. The number of hydrogen-bond acceptors (Lipinski definition) is 4. The van der Waals surface area contributed by atoms with Crippen molar-refractivity contribution in [2.24, 2.45) is 7.05 Å². The second-order valence-corrected chi connectivity index (χ2v) is 6.45. The second kappa shape index (κ2) is 6.34. The van der Waals surface area contributed by atoms with Crippen LogP contribution in [0.2, 0.25) is 0 Å². The van der Waals surface area contributed by atoms with Crippen LogP contribution in [0, 0.1) is 13.8 Å². The number of nitrogens with one attached hydrogen (secondary N) is 1. The first kappa shape index (κ1) is 15.4. The first-order valence-corrected chi connectivity index (χ1v) is 8.15. The predicted molar refractivity (Wildman–Crippen MR) is 92.6 cm³/mol. The molecule has 0 bridgehead atoms. The molecule has 5 nitrogen and oxygen atoms in total. The van der Waals surface area contributed by atoms with Gasteiger partial charge in [0.25, 0.3) is 0 Å². The highest BCUT2D eigenvalue weighted by molar-refractivity contribution is 7.19. The van der Waals surface area contributed by atoms with Crippen LogP contribution in [0.4, 0.5) is 5.13 Å². The number of hydrogen-bond donors (Lipinski definition) is 1. The van der Waals surface area contributed by atoms with E-state index in [1.807, 2.05) is 55.9 Å². The number of anilines is 1. The summed E-state index contributed by atoms with van der Waals surface area (Å²) < 4.78 is 1.94. The third kappa shape index (κ3) is 3.32. The summed E-state index contributed by atoms with van der Waals surface area (Å²) in [5.41, 5.74) is 3.02. The number of aromatic nitrogens is 3. The molecule has 118 valence electrons. The van der Waals surface area contributed by atoms with E-state index < -0.39 is 0 Å². The quantitative estimate of drug-likeness (QED) is 0.800. The number of carbonyl (C=O) groups excluding carboxylic acids is 1. The van der Waals surface area contributed by atoms with Gasteiger partial charge >= 0.3 is 0 Å². The Balaban J connectivity index is 1.75. The van der Waals surface area contributed by atoms with Crippen LogP contribution in [0.5, 0.6) is 0 Å². The van der Waals surface area contributed by atoms with E-state index >= 15 is 0 Å². The van der Waals surface area contributed by atoms with E-state index in [9.17, 15) is 4.79 Å². The van der Waals surface area contributed by atoms with Crippen LogP contribution in [-0.4, -0.2) is 20.4 Å². The van der Waals surface area contributed by atoms with E-state index in [-0.39, 0.29) is 5.91 Å². The van der Waals surface area contributed by atoms with Crippen LogP contribution in [0.15, 0.2) is 36.7 Å². The van der Waals surface area contributed by atoms with Crippen molar-refractivity contribution in [2.75, 3.05) is 5.32 Å². The third-order valence-corrected chi connectivity index (χ3v) is 4.75. The Morgan fingerprint density at radius 3 is 2.78 bits per heavy atom. The molecule has 0 saturated carbocycles. The van der Waals surface area contributed by atoms with Crippen molar-refractivity contribution in [3.05, 3.63) is 53.5 Å². The fourth-order valence-corrected chi connectivity index (χ4v) is 3.41. The minimum Gasteiger partial charge on any atom is -0.333 e. The number of nitrogens with zero attached hydrogens (tertiary/aromatic N) is 3. The Bertz CT molecular complexity index is 850. The van der Waals surface area contributed by atoms with Crippen molar-refractivity contribution in [2.45, 2.75) is 20.3 Å². The van der Waals surface area contributed by atoms with E-state index in [4.69, 9.17) is 0 Å². The molecule has 0 radical (unpaired) electrons. The van der Waals surface area contributed by atoms with Crippen LogP contribution in [0.3, 0.4) is 0 Å². The lowest BCUT2D eigenvalue weighted by Gasteiger charge is -2.04. The van der Waals surface area contributed by atoms with Crippen molar-refractivity contribution in [3.63, 3.8) is 0 Å². The molecule has 1 aromatic carbocycles. The summed E-state index contributed by atoms with van der Waals surface area (Å²) in [6.45, 7) is 3.94. The second-order valence-electron chi connectivity index (χ2n) is 5.45. The van der Waals surface area contributed by atoms with Gasteiger partial charge in [0.1, 0.15) is 0 Å². The molecule has 0 fully saturated rings. The number of amides is 1. The van der Waals surface area contributed by atoms with Gasteiger partial charge in [-0.1, -0.05) is 35.6 Å². The van der Waals surface area contributed by atoms with Crippen molar-refractivity contribution in [1.29, 1.82) is 0 Å². The maximum atomic E-state index is 12.2. The Kier molecular flexibility index (Phi) is 4.25. The monoisotopic (exact) mass is 326 g/mol. The van der Waals surface area contributed by atoms with E-state index in [2.05, 4.69) is 15.3 Å². The topological polar surface area (TPSA) is 59.8 Å². The van der Waals surface area contributed by atoms with Crippen molar-refractivity contribution < 1.29 is 4.79 Å². The van der Waals surface area contributed by atoms with Crippen LogP contribution in [0.1, 0.15) is 16.8 Å². The molecule has 1 amide bonds. The standard InChI is InChI=1S/C17H18N4OS/c1-11-6-4-5-7-13(11)10-14(22)20-17-19-12(2)15(23-17)16-18-8-9-21(16)3/h4-9H,10H2,1-3H3,(H,19,20,22). The number of aryl methyl sites for hydroxylation is 3. The van der Waals surface area contributed by atoms with Crippen molar-refractivity contribution in [1.82, 2.24) is 14.5 Å². The Labute approximate surface area is 139 Å². The molecular weight excluding hydrogens is 308 g/mol. The predicted octanol–water partition coefficient (Wildman–Crippen LogP) is 3.34. The lowest BCUT2D eigenvalue weighted by molar-refractivity contribution is -0.115. The highest BCUT2D eigenvalue weighted by atomic mass is 32.1. The lowest BCUT2D eigenvalue weighted by atomic mass is 10.1. The van der Waals surface area contributed by atoms with Gasteiger partial charge in [0.15, 0.2) is 11.0 Å². The SMILES string of the molecule is Cc1ccccc1CC(=O)Nc1nc(C)c(-c2nccn2C)s1. The summed E-state index contributed by atoms with van der Waals surface area (Å²) in [4.78, 5) is 22.0. The van der Waals surface area contributed by atoms with Crippen LogP contribution < -0.4 is 5.32 Å². The summed E-state index contributed by atoms with van der Waals surface area (Å²) >= 11 is 1.45. The number of imidazole rings is 1. The Morgan fingerprint density at radius 1 is 1.30 bits per heavy atom. The summed E-state index contributed by atoms with van der Waals surface area (Å²) in [5, 5.41) is 3.50. The maximum Gasteiger partial charge on any atom is 0.230 e. The molecule has 23 heavy (non-hydrogen) atoms. The average Bonchev–Trinajstić information content (AvgIpc) is 3.07. The van der Waals surface area contributed by atoms with Gasteiger partial charge in [-0.3, -0.25) is 4.79 Å². The molecule has 6 heteroatoms. The molecule has 3 rings (SSSR count). The molecule has 0 aliphatic heterocycles. The first-order chi connectivity index (χ1) is 11.0. The molecule has 2 heterocycles. The summed E-state index contributed by atoms with van der Waals surface area (Å²) in [5.74, 6) is 0.804. The van der Waals surface area contributed by atoms with Crippen LogP contribution in [0.25, 0.3) is 10.7 Å². The zero-order valence-corrected chi connectivity index (χ0v) is 14.1. The molecule has 0 aliphatic rings. The van der Waals surface area contributed by atoms with Gasteiger partial charge in [0.05, 0.1) is 17.0 Å². The van der Waals surface area contributed by atoms with Crippen LogP contribution in [-0.2, 0) is 18.3 Å². The first-order valence-electron chi connectivity index (χ1n) is 7.34. The number of thiazole rings is 1. The van der Waals surface area contributed by atoms with E-state index in [1.165, 1.54) is 11.3 Å². The number of rotatable bonds is 4. The van der Waals surface area contributed by atoms with Crippen LogP contribution >= 0.6 is 11.3 Å². The number of carbonyl (C=O) groups is 1. The molecule has 0 spiro atoms. The summed E-state index contributed by atoms with van der Waals surface area (Å²) in [6, 6.07) is 7.90. The van der Waals surface area contributed by atoms with Gasteiger partial charge in [0.2, 0.25) is 5.91 Å². The van der Waals surface area contributed by atoms with E-state index in [0.717, 1.165) is 27.5 Å². The highest BCUT2D eigenvalue weighted by Crippen LogP contribution is 2.31. The molecule has 0 unspecified atom stereocenters. The van der Waals surface area contributed by atoms with Gasteiger partial charge in [-0.05, 0) is 25.0 Å². The Morgan fingerprint density at radius 2 is 2.09 bits per heavy atom. The largest absolute Gasteiger partial charge is 0.333 e. The molecule has 0 atom stereocenters. The van der Waals surface area contributed by atoms with Crippen molar-refractivity contribution in [3.8, 4) is 10.7 Å². The van der Waals surface area contributed by atoms with Gasteiger partial charge in [-0.2, -0.15) is 0 Å². The summed E-state index contributed by atoms with van der Waals surface area (Å²) in [6.07, 6.45) is 4.00. The maximum absolute atomic E-state index is 12.2. The van der Waals surface area contributed by atoms with Gasteiger partial charge in [0, 0.05) is 19.4 Å². The molecule has 0 aliphatic carbocycles. The van der Waals surface area contributed by atoms with E-state index in [1.54, 1.807) is 6.20 Å². The van der Waals surface area contributed by atoms with Gasteiger partial charge in [-0.15, -0.1) is 0 Å². The average molecular weight is 326 g/mol. The highest BCUT2D eigenvalue weighted by Gasteiger charge is 2.15. The number of benzene rings is 1. The normalized spacial score (nSPS) is 10.7. The molecule has 2 aromatic heterocycles. The third-order valence-electron chi connectivity index (χ3n) is 3.68. The van der Waals surface area contributed by atoms with Gasteiger partial charge < -0.3 is 9.88 Å². The molecule has 1 N–H and O–H groups in total.